The van der Waals surface area contributed by atoms with E-state index in [2.05, 4.69) is 0 Å². The van der Waals surface area contributed by atoms with Crippen molar-refractivity contribution in [1.82, 2.24) is 0 Å². The van der Waals surface area contributed by atoms with Crippen LogP contribution in [0.4, 0.5) is 0 Å². The van der Waals surface area contributed by atoms with E-state index in [1.807, 2.05) is 6.92 Å². The van der Waals surface area contributed by atoms with Crippen molar-refractivity contribution >= 4 is 23.2 Å². The Balaban J connectivity index is 0.000000180. The van der Waals surface area contributed by atoms with Crippen LogP contribution in [0.2, 0.25) is 10.0 Å². The zero-order valence-electron chi connectivity index (χ0n) is 10.1. The molecule has 0 aliphatic rings. The summed E-state index contributed by atoms with van der Waals surface area (Å²) < 4.78 is 0. The molecule has 0 saturated carbocycles. The summed E-state index contributed by atoms with van der Waals surface area (Å²) in [5.74, 6) is 0.552. The van der Waals surface area contributed by atoms with Crippen LogP contribution in [0.3, 0.4) is 0 Å². The van der Waals surface area contributed by atoms with E-state index in [9.17, 15) is 0 Å². The quantitative estimate of drug-likeness (QED) is 0.736. The molecule has 96 valence electrons. The van der Waals surface area contributed by atoms with E-state index in [1.165, 1.54) is 0 Å². The van der Waals surface area contributed by atoms with E-state index in [0.29, 0.717) is 15.8 Å². The van der Waals surface area contributed by atoms with Gasteiger partial charge in [0.05, 0.1) is 0 Å². The van der Waals surface area contributed by atoms with E-state index in [0.717, 1.165) is 11.1 Å². The van der Waals surface area contributed by atoms with Gasteiger partial charge in [-0.2, -0.15) is 0 Å². The van der Waals surface area contributed by atoms with Gasteiger partial charge in [-0.1, -0.05) is 23.2 Å². The summed E-state index contributed by atoms with van der Waals surface area (Å²) in [5.41, 5.74) is 1.71. The summed E-state index contributed by atoms with van der Waals surface area (Å²) in [4.78, 5) is 0. The van der Waals surface area contributed by atoms with Crippen molar-refractivity contribution in [3.8, 4) is 11.5 Å². The molecule has 2 aromatic rings. The molecule has 0 aliphatic carbocycles. The van der Waals surface area contributed by atoms with Crippen molar-refractivity contribution in [3.63, 3.8) is 0 Å². The molecule has 0 saturated heterocycles. The Hall–Kier alpha value is -1.38. The number of hydrogen-bond donors (Lipinski definition) is 2. The van der Waals surface area contributed by atoms with Gasteiger partial charge < -0.3 is 10.2 Å². The molecule has 2 nitrogen and oxygen atoms in total. The Morgan fingerprint density at radius 2 is 1.50 bits per heavy atom. The largest absolute Gasteiger partial charge is 0.508 e. The topological polar surface area (TPSA) is 40.5 Å². The van der Waals surface area contributed by atoms with Gasteiger partial charge >= 0.3 is 0 Å². The lowest BCUT2D eigenvalue weighted by Crippen LogP contribution is -1.71. The Bertz CT molecular complexity index is 490. The van der Waals surface area contributed by atoms with Gasteiger partial charge in [-0.3, -0.25) is 0 Å². The highest BCUT2D eigenvalue weighted by Gasteiger charge is 1.93. The van der Waals surface area contributed by atoms with E-state index in [4.69, 9.17) is 33.4 Å². The maximum absolute atomic E-state index is 8.99. The van der Waals surface area contributed by atoms with Crippen molar-refractivity contribution in [1.29, 1.82) is 0 Å². The van der Waals surface area contributed by atoms with Crippen LogP contribution in [0.15, 0.2) is 36.4 Å². The van der Waals surface area contributed by atoms with Gasteiger partial charge in [-0.15, -0.1) is 0 Å². The fraction of sp³-hybridized carbons (Fsp3) is 0.143. The minimum Gasteiger partial charge on any atom is -0.508 e. The highest BCUT2D eigenvalue weighted by atomic mass is 35.5. The average Bonchev–Trinajstić information content (AvgIpc) is 2.30. The third kappa shape index (κ3) is 4.47. The van der Waals surface area contributed by atoms with Gasteiger partial charge in [0.1, 0.15) is 11.5 Å². The number of hydrogen-bond acceptors (Lipinski definition) is 2. The predicted molar refractivity (Wildman–Crippen MR) is 75.7 cm³/mol. The number of benzene rings is 2. The molecule has 0 spiro atoms. The molecule has 0 amide bonds. The molecule has 18 heavy (non-hydrogen) atoms. The van der Waals surface area contributed by atoms with Gasteiger partial charge in [0, 0.05) is 10.0 Å². The number of aryl methyl sites for hydroxylation is 2. The summed E-state index contributed by atoms with van der Waals surface area (Å²) in [6, 6.07) is 9.82. The molecular formula is C14H14Cl2O2. The van der Waals surface area contributed by atoms with Gasteiger partial charge in [-0.05, 0) is 61.4 Å². The maximum atomic E-state index is 8.99. The Morgan fingerprint density at radius 1 is 0.833 bits per heavy atom. The van der Waals surface area contributed by atoms with Crippen LogP contribution in [0, 0.1) is 13.8 Å². The molecule has 0 unspecified atom stereocenters. The summed E-state index contributed by atoms with van der Waals surface area (Å²) in [6.07, 6.45) is 0. The van der Waals surface area contributed by atoms with Crippen molar-refractivity contribution in [2.75, 3.05) is 0 Å². The van der Waals surface area contributed by atoms with Crippen molar-refractivity contribution < 1.29 is 10.2 Å². The van der Waals surface area contributed by atoms with Crippen molar-refractivity contribution in [2.45, 2.75) is 13.8 Å². The second kappa shape index (κ2) is 6.53. The normalized spacial score (nSPS) is 9.56. The molecule has 2 aromatic carbocycles. The van der Waals surface area contributed by atoms with E-state index in [1.54, 1.807) is 43.3 Å². The molecule has 0 atom stereocenters. The summed E-state index contributed by atoms with van der Waals surface area (Å²) in [6.45, 7) is 3.66. The molecule has 0 heterocycles. The Kier molecular flexibility index (Phi) is 5.32. The van der Waals surface area contributed by atoms with Crippen LogP contribution >= 0.6 is 23.2 Å². The van der Waals surface area contributed by atoms with Crippen molar-refractivity contribution in [3.05, 3.63) is 57.6 Å². The van der Waals surface area contributed by atoms with E-state index < -0.39 is 0 Å². The molecule has 0 aromatic heterocycles. The standard InChI is InChI=1S/2C7H7ClO/c1-5-4-6(9)2-3-7(5)8;1-5-4-6(8)2-3-7(5)9/h2*2-4,9H,1H3. The minimum absolute atomic E-state index is 0.261. The first kappa shape index (κ1) is 14.7. The fourth-order valence-electron chi connectivity index (χ4n) is 1.25. The lowest BCUT2D eigenvalue weighted by molar-refractivity contribution is 0.471. The monoisotopic (exact) mass is 284 g/mol. The highest BCUT2D eigenvalue weighted by molar-refractivity contribution is 6.31. The van der Waals surface area contributed by atoms with Crippen LogP contribution in [0.25, 0.3) is 0 Å². The third-order valence-corrected chi connectivity index (χ3v) is 2.96. The predicted octanol–water partition coefficient (Wildman–Crippen LogP) is 4.71. The highest BCUT2D eigenvalue weighted by Crippen LogP contribution is 2.20. The van der Waals surface area contributed by atoms with Gasteiger partial charge in [0.25, 0.3) is 0 Å². The minimum atomic E-state index is 0.261. The molecule has 4 heteroatoms. The smallest absolute Gasteiger partial charge is 0.118 e. The first-order valence-electron chi connectivity index (χ1n) is 5.30. The average molecular weight is 285 g/mol. The first-order chi connectivity index (χ1) is 8.40. The second-order valence-corrected chi connectivity index (χ2v) is 4.71. The van der Waals surface area contributed by atoms with E-state index >= 15 is 0 Å². The lowest BCUT2D eigenvalue weighted by Gasteiger charge is -1.95. The molecule has 0 fully saturated rings. The van der Waals surface area contributed by atoms with Crippen LogP contribution in [0.5, 0.6) is 11.5 Å². The molecule has 0 bridgehead atoms. The number of phenolic OH excluding ortho intramolecular Hbond substituents is 2. The van der Waals surface area contributed by atoms with Crippen LogP contribution in [0.1, 0.15) is 11.1 Å². The first-order valence-corrected chi connectivity index (χ1v) is 6.06. The van der Waals surface area contributed by atoms with Crippen LogP contribution in [-0.4, -0.2) is 10.2 Å². The van der Waals surface area contributed by atoms with E-state index in [-0.39, 0.29) is 5.75 Å². The Morgan fingerprint density at radius 3 is 1.94 bits per heavy atom. The second-order valence-electron chi connectivity index (χ2n) is 3.86. The molecular weight excluding hydrogens is 271 g/mol. The summed E-state index contributed by atoms with van der Waals surface area (Å²) in [5, 5.41) is 19.2. The van der Waals surface area contributed by atoms with Gasteiger partial charge in [-0.25, -0.2) is 0 Å². The fourth-order valence-corrected chi connectivity index (χ4v) is 1.59. The number of aromatic hydroxyl groups is 2. The van der Waals surface area contributed by atoms with Gasteiger partial charge in [0.15, 0.2) is 0 Å². The Labute approximate surface area is 116 Å². The van der Waals surface area contributed by atoms with Crippen LogP contribution in [-0.2, 0) is 0 Å². The number of phenols is 2. The van der Waals surface area contributed by atoms with Crippen LogP contribution < -0.4 is 0 Å². The summed E-state index contributed by atoms with van der Waals surface area (Å²) >= 11 is 11.3. The zero-order chi connectivity index (χ0) is 13.7. The number of rotatable bonds is 0. The van der Waals surface area contributed by atoms with Gasteiger partial charge in [0.2, 0.25) is 0 Å². The third-order valence-electron chi connectivity index (χ3n) is 2.30. The molecule has 0 radical (unpaired) electrons. The van der Waals surface area contributed by atoms with Crippen molar-refractivity contribution in [2.24, 2.45) is 0 Å². The number of halogens is 2. The molecule has 2 N–H and O–H groups in total. The molecule has 0 aliphatic heterocycles. The lowest BCUT2D eigenvalue weighted by atomic mass is 10.2. The molecule has 2 rings (SSSR count). The summed E-state index contributed by atoms with van der Waals surface area (Å²) in [7, 11) is 0. The zero-order valence-corrected chi connectivity index (χ0v) is 11.6. The maximum Gasteiger partial charge on any atom is 0.118 e. The SMILES string of the molecule is Cc1cc(Cl)ccc1O.Cc1cc(O)ccc1Cl.